The molecule has 0 bridgehead atoms. The fraction of sp³-hybridized carbons (Fsp3) is 0.259. The van der Waals surface area contributed by atoms with Gasteiger partial charge in [0.1, 0.15) is 0 Å². The fourth-order valence-corrected chi connectivity index (χ4v) is 4.33. The van der Waals surface area contributed by atoms with Crippen molar-refractivity contribution >= 4 is 33.4 Å². The Bertz CT molecular complexity index is 1400. The Morgan fingerprint density at radius 3 is 2.68 bits per heavy atom. The molecule has 2 aromatic carbocycles. The van der Waals surface area contributed by atoms with E-state index in [1.807, 2.05) is 53.4 Å². The average Bonchev–Trinajstić information content (AvgIpc) is 2.88. The highest BCUT2D eigenvalue weighted by Gasteiger charge is 2.20. The van der Waals surface area contributed by atoms with E-state index >= 15 is 0 Å². The van der Waals surface area contributed by atoms with Crippen molar-refractivity contribution in [1.82, 2.24) is 19.8 Å². The number of carbonyl (C=O) groups excluding carboxylic acids is 1. The van der Waals surface area contributed by atoms with E-state index in [9.17, 15) is 10.1 Å². The standard InChI is InChI=1S/C27H26N6O/c1-32-12-14-33(15-13-32)27(34)21-4-7-24-20(17-21)3-5-22(31-24)8-10-29-26-9-11-30-25-6-2-19(18-28)16-23(25)26/h2-7,9,11,16-17H,8,10,12-15H2,1H3,(H,29,30). The van der Waals surface area contributed by atoms with Crippen molar-refractivity contribution in [3.8, 4) is 6.07 Å². The molecule has 1 aliphatic rings. The molecule has 7 heteroatoms. The molecule has 170 valence electrons. The molecule has 4 aromatic rings. The van der Waals surface area contributed by atoms with Gasteiger partial charge in [0.05, 0.1) is 22.7 Å². The normalized spacial score (nSPS) is 14.3. The average molecular weight is 451 g/mol. The van der Waals surface area contributed by atoms with Gasteiger partial charge in [-0.2, -0.15) is 5.26 Å². The number of fused-ring (bicyclic) bond motifs is 2. The maximum absolute atomic E-state index is 12.9. The fourth-order valence-electron chi connectivity index (χ4n) is 4.33. The van der Waals surface area contributed by atoms with Crippen molar-refractivity contribution in [3.63, 3.8) is 0 Å². The van der Waals surface area contributed by atoms with Crippen LogP contribution < -0.4 is 5.32 Å². The number of aromatic nitrogens is 2. The summed E-state index contributed by atoms with van der Waals surface area (Å²) >= 11 is 0. The molecule has 0 aliphatic carbocycles. The molecule has 0 radical (unpaired) electrons. The number of hydrogen-bond acceptors (Lipinski definition) is 6. The Hall–Kier alpha value is -4.02. The van der Waals surface area contributed by atoms with Crippen LogP contribution in [-0.4, -0.2) is 65.4 Å². The SMILES string of the molecule is CN1CCN(C(=O)c2ccc3nc(CCNc4ccnc5ccc(C#N)cc45)ccc3c2)CC1. The van der Waals surface area contributed by atoms with E-state index in [1.54, 1.807) is 12.3 Å². The molecule has 3 heterocycles. The zero-order valence-corrected chi connectivity index (χ0v) is 19.2. The van der Waals surface area contributed by atoms with E-state index in [0.29, 0.717) is 12.1 Å². The lowest BCUT2D eigenvalue weighted by Crippen LogP contribution is -2.47. The Balaban J connectivity index is 1.26. The zero-order valence-electron chi connectivity index (χ0n) is 19.2. The minimum Gasteiger partial charge on any atom is -0.384 e. The van der Waals surface area contributed by atoms with Gasteiger partial charge >= 0.3 is 0 Å². The van der Waals surface area contributed by atoms with Crippen molar-refractivity contribution in [2.24, 2.45) is 0 Å². The van der Waals surface area contributed by atoms with Crippen LogP contribution in [0.15, 0.2) is 60.8 Å². The molecule has 7 nitrogen and oxygen atoms in total. The lowest BCUT2D eigenvalue weighted by Gasteiger charge is -2.32. The summed E-state index contributed by atoms with van der Waals surface area (Å²) in [6, 6.07) is 19.5. The highest BCUT2D eigenvalue weighted by Crippen LogP contribution is 2.23. The molecule has 0 spiro atoms. The summed E-state index contributed by atoms with van der Waals surface area (Å²) in [7, 11) is 2.08. The van der Waals surface area contributed by atoms with E-state index in [2.05, 4.69) is 28.3 Å². The first kappa shape index (κ1) is 21.8. The number of piperazine rings is 1. The van der Waals surface area contributed by atoms with Gasteiger partial charge in [0, 0.05) is 73.1 Å². The van der Waals surface area contributed by atoms with Crippen molar-refractivity contribution in [2.75, 3.05) is 45.1 Å². The summed E-state index contributed by atoms with van der Waals surface area (Å²) in [5.74, 6) is 0.0902. The van der Waals surface area contributed by atoms with Gasteiger partial charge in [-0.1, -0.05) is 6.07 Å². The zero-order chi connectivity index (χ0) is 23.5. The van der Waals surface area contributed by atoms with E-state index in [1.165, 1.54) is 0 Å². The minimum absolute atomic E-state index is 0.0902. The van der Waals surface area contributed by atoms with Crippen LogP contribution in [0, 0.1) is 11.3 Å². The molecule has 1 fully saturated rings. The highest BCUT2D eigenvalue weighted by atomic mass is 16.2. The smallest absolute Gasteiger partial charge is 0.253 e. The number of hydrogen-bond donors (Lipinski definition) is 1. The summed E-state index contributed by atoms with van der Waals surface area (Å²) in [4.78, 5) is 26.2. The Kier molecular flexibility index (Phi) is 6.07. The van der Waals surface area contributed by atoms with Crippen LogP contribution in [0.1, 0.15) is 21.6 Å². The van der Waals surface area contributed by atoms with Crippen LogP contribution in [0.4, 0.5) is 5.69 Å². The molecule has 0 atom stereocenters. The van der Waals surface area contributed by atoms with E-state index in [-0.39, 0.29) is 5.91 Å². The number of carbonyl (C=O) groups is 1. The quantitative estimate of drug-likeness (QED) is 0.499. The molecule has 34 heavy (non-hydrogen) atoms. The number of nitrogens with one attached hydrogen (secondary N) is 1. The van der Waals surface area contributed by atoms with Crippen molar-refractivity contribution < 1.29 is 4.79 Å². The van der Waals surface area contributed by atoms with E-state index in [4.69, 9.17) is 4.98 Å². The van der Waals surface area contributed by atoms with E-state index in [0.717, 1.165) is 71.4 Å². The maximum atomic E-state index is 12.9. The van der Waals surface area contributed by atoms with Gasteiger partial charge in [0.2, 0.25) is 0 Å². The van der Waals surface area contributed by atoms with Gasteiger partial charge in [0.15, 0.2) is 0 Å². The molecule has 0 saturated carbocycles. The number of likely N-dealkylation sites (N-methyl/N-ethyl adjacent to an activating group) is 1. The monoisotopic (exact) mass is 450 g/mol. The van der Waals surface area contributed by atoms with Gasteiger partial charge in [-0.05, 0) is 55.6 Å². The Morgan fingerprint density at radius 2 is 1.85 bits per heavy atom. The number of amides is 1. The Morgan fingerprint density at radius 1 is 1.03 bits per heavy atom. The third-order valence-corrected chi connectivity index (χ3v) is 6.35. The van der Waals surface area contributed by atoms with Gasteiger partial charge in [-0.3, -0.25) is 14.8 Å². The lowest BCUT2D eigenvalue weighted by molar-refractivity contribution is 0.0664. The number of anilines is 1. The number of benzene rings is 2. The predicted molar refractivity (Wildman–Crippen MR) is 134 cm³/mol. The first-order chi connectivity index (χ1) is 16.6. The summed E-state index contributed by atoms with van der Waals surface area (Å²) < 4.78 is 0. The van der Waals surface area contributed by atoms with Crippen LogP contribution in [0.3, 0.4) is 0 Å². The van der Waals surface area contributed by atoms with Crippen LogP contribution in [0.2, 0.25) is 0 Å². The second-order valence-electron chi connectivity index (χ2n) is 8.68. The van der Waals surface area contributed by atoms with Gasteiger partial charge in [-0.15, -0.1) is 0 Å². The lowest BCUT2D eigenvalue weighted by atomic mass is 10.1. The predicted octanol–water partition coefficient (Wildman–Crippen LogP) is 3.70. The maximum Gasteiger partial charge on any atom is 0.253 e. The largest absolute Gasteiger partial charge is 0.384 e. The summed E-state index contributed by atoms with van der Waals surface area (Å²) in [6.45, 7) is 4.05. The first-order valence-electron chi connectivity index (χ1n) is 11.5. The summed E-state index contributed by atoms with van der Waals surface area (Å²) in [6.07, 6.45) is 2.52. The minimum atomic E-state index is 0.0902. The third kappa shape index (κ3) is 4.54. The topological polar surface area (TPSA) is 85.2 Å². The van der Waals surface area contributed by atoms with Gasteiger partial charge < -0.3 is 15.1 Å². The summed E-state index contributed by atoms with van der Waals surface area (Å²) in [5, 5.41) is 14.6. The molecule has 0 unspecified atom stereocenters. The second kappa shape index (κ2) is 9.46. The molecular formula is C27H26N6O. The van der Waals surface area contributed by atoms with Gasteiger partial charge in [-0.25, -0.2) is 0 Å². The van der Waals surface area contributed by atoms with Crippen LogP contribution in [0.25, 0.3) is 21.8 Å². The summed E-state index contributed by atoms with van der Waals surface area (Å²) in [5.41, 5.74) is 5.01. The molecular weight excluding hydrogens is 424 g/mol. The van der Waals surface area contributed by atoms with Crippen LogP contribution >= 0.6 is 0 Å². The molecule has 2 aromatic heterocycles. The second-order valence-corrected chi connectivity index (χ2v) is 8.68. The Labute approximate surface area is 198 Å². The first-order valence-corrected chi connectivity index (χ1v) is 11.5. The molecule has 1 saturated heterocycles. The highest BCUT2D eigenvalue weighted by molar-refractivity contribution is 5.98. The van der Waals surface area contributed by atoms with Crippen molar-refractivity contribution in [3.05, 3.63) is 77.6 Å². The number of pyridine rings is 2. The van der Waals surface area contributed by atoms with Crippen LogP contribution in [-0.2, 0) is 6.42 Å². The molecule has 1 amide bonds. The third-order valence-electron chi connectivity index (χ3n) is 6.35. The van der Waals surface area contributed by atoms with Crippen LogP contribution in [0.5, 0.6) is 0 Å². The molecule has 5 rings (SSSR count). The van der Waals surface area contributed by atoms with Gasteiger partial charge in [0.25, 0.3) is 5.91 Å². The number of nitrogens with zero attached hydrogens (tertiary/aromatic N) is 5. The van der Waals surface area contributed by atoms with Crippen molar-refractivity contribution in [2.45, 2.75) is 6.42 Å². The number of rotatable bonds is 5. The molecule has 1 aliphatic heterocycles. The molecule has 1 N–H and O–H groups in total. The number of nitriles is 1. The van der Waals surface area contributed by atoms with E-state index < -0.39 is 0 Å². The van der Waals surface area contributed by atoms with Crippen molar-refractivity contribution in [1.29, 1.82) is 5.26 Å².